The summed E-state index contributed by atoms with van der Waals surface area (Å²) in [5.74, 6) is 0.993. The third-order valence-electron chi connectivity index (χ3n) is 3.17. The van der Waals surface area contributed by atoms with Crippen molar-refractivity contribution in [1.82, 2.24) is 0 Å². The molecule has 6 heteroatoms. The second-order valence-corrected chi connectivity index (χ2v) is 7.71. The van der Waals surface area contributed by atoms with Crippen molar-refractivity contribution >= 4 is 26.0 Å². The van der Waals surface area contributed by atoms with Crippen molar-refractivity contribution in [3.05, 3.63) is 28.7 Å². The third kappa shape index (κ3) is 9.87. The number of ether oxygens (including phenoxy) is 1. The van der Waals surface area contributed by atoms with E-state index in [2.05, 4.69) is 15.9 Å². The van der Waals surface area contributed by atoms with Crippen molar-refractivity contribution in [1.29, 1.82) is 0 Å². The van der Waals surface area contributed by atoms with Crippen LogP contribution in [0.5, 0.6) is 5.75 Å². The summed E-state index contributed by atoms with van der Waals surface area (Å²) in [6.07, 6.45) is 7.15. The number of nitrogens with two attached hydrogens (primary N) is 1. The molecule has 0 saturated heterocycles. The topological polar surface area (TPSA) is 69.4 Å². The van der Waals surface area contributed by atoms with Crippen molar-refractivity contribution in [3.8, 4) is 5.75 Å². The molecule has 0 bridgehead atoms. The molecule has 120 valence electrons. The largest absolute Gasteiger partial charge is 0.492 e. The van der Waals surface area contributed by atoms with Crippen LogP contribution in [0.3, 0.4) is 0 Å². The summed E-state index contributed by atoms with van der Waals surface area (Å²) in [7, 11) is -3.28. The van der Waals surface area contributed by atoms with Crippen molar-refractivity contribution in [2.75, 3.05) is 12.4 Å². The fourth-order valence-corrected chi connectivity index (χ4v) is 3.04. The standard InChI is InChI=1S/C15H24BrNO3S/c16-14-10-6-7-11-15(14)20-12-8-4-2-1-3-5-9-13-21(17,18)19/h6-7,10-11H,1-5,8-9,12-13H2,(H2,17,18,19). The Morgan fingerprint density at radius 2 is 1.52 bits per heavy atom. The Kier molecular flexibility index (Phi) is 8.96. The number of sulfonamides is 1. The van der Waals surface area contributed by atoms with Crippen LogP contribution >= 0.6 is 15.9 Å². The van der Waals surface area contributed by atoms with Crippen LogP contribution in [0.4, 0.5) is 0 Å². The Labute approximate surface area is 136 Å². The molecule has 0 amide bonds. The molecule has 0 atom stereocenters. The van der Waals surface area contributed by atoms with Gasteiger partial charge in [0.15, 0.2) is 0 Å². The van der Waals surface area contributed by atoms with E-state index in [1.165, 1.54) is 0 Å². The molecule has 0 radical (unpaired) electrons. The van der Waals surface area contributed by atoms with E-state index in [0.717, 1.165) is 55.4 Å². The van der Waals surface area contributed by atoms with Gasteiger partial charge in [0.2, 0.25) is 10.0 Å². The first kappa shape index (κ1) is 18.5. The van der Waals surface area contributed by atoms with Crippen LogP contribution in [0.2, 0.25) is 0 Å². The SMILES string of the molecule is NS(=O)(=O)CCCCCCCCCOc1ccccc1Br. The van der Waals surface area contributed by atoms with Gasteiger partial charge in [-0.3, -0.25) is 0 Å². The van der Waals surface area contributed by atoms with Gasteiger partial charge in [-0.15, -0.1) is 0 Å². The zero-order chi connectivity index (χ0) is 15.6. The Balaban J connectivity index is 1.92. The molecule has 2 N–H and O–H groups in total. The predicted octanol–water partition coefficient (Wildman–Crippen LogP) is 3.85. The van der Waals surface area contributed by atoms with Crippen LogP contribution in [0.1, 0.15) is 44.9 Å². The highest BCUT2D eigenvalue weighted by molar-refractivity contribution is 9.10. The summed E-state index contributed by atoms with van der Waals surface area (Å²) in [5, 5.41) is 4.94. The average Bonchev–Trinajstić information content (AvgIpc) is 2.41. The van der Waals surface area contributed by atoms with Crippen LogP contribution in [0.15, 0.2) is 28.7 Å². The number of hydrogen-bond acceptors (Lipinski definition) is 3. The van der Waals surface area contributed by atoms with Gasteiger partial charge in [0, 0.05) is 0 Å². The monoisotopic (exact) mass is 377 g/mol. The summed E-state index contributed by atoms with van der Waals surface area (Å²) in [5.41, 5.74) is 0. The van der Waals surface area contributed by atoms with E-state index in [0.29, 0.717) is 6.42 Å². The Morgan fingerprint density at radius 1 is 0.952 bits per heavy atom. The minimum absolute atomic E-state index is 0.104. The molecule has 0 saturated carbocycles. The number of benzene rings is 1. The highest BCUT2D eigenvalue weighted by Gasteiger charge is 2.01. The molecule has 4 nitrogen and oxygen atoms in total. The maximum atomic E-state index is 10.7. The van der Waals surface area contributed by atoms with E-state index in [1.54, 1.807) is 0 Å². The van der Waals surface area contributed by atoms with E-state index in [-0.39, 0.29) is 5.75 Å². The molecule has 0 fully saturated rings. The molecule has 0 aliphatic carbocycles. The maximum Gasteiger partial charge on any atom is 0.209 e. The predicted molar refractivity (Wildman–Crippen MR) is 89.9 cm³/mol. The minimum atomic E-state index is -3.28. The lowest BCUT2D eigenvalue weighted by Crippen LogP contribution is -2.16. The first-order valence-electron chi connectivity index (χ1n) is 7.37. The molecular weight excluding hydrogens is 354 g/mol. The van der Waals surface area contributed by atoms with Gasteiger partial charge >= 0.3 is 0 Å². The normalized spacial score (nSPS) is 11.5. The van der Waals surface area contributed by atoms with E-state index in [1.807, 2.05) is 24.3 Å². The number of para-hydroxylation sites is 1. The van der Waals surface area contributed by atoms with E-state index < -0.39 is 10.0 Å². The number of primary sulfonamides is 1. The Bertz CT molecular complexity index is 505. The summed E-state index contributed by atoms with van der Waals surface area (Å²) in [6.45, 7) is 0.730. The fraction of sp³-hybridized carbons (Fsp3) is 0.600. The molecule has 0 aliphatic heterocycles. The van der Waals surface area contributed by atoms with Crippen LogP contribution < -0.4 is 9.88 Å². The van der Waals surface area contributed by atoms with Crippen LogP contribution in [-0.2, 0) is 10.0 Å². The van der Waals surface area contributed by atoms with Crippen molar-refractivity contribution in [3.63, 3.8) is 0 Å². The van der Waals surface area contributed by atoms with E-state index >= 15 is 0 Å². The Morgan fingerprint density at radius 3 is 2.14 bits per heavy atom. The van der Waals surface area contributed by atoms with Crippen molar-refractivity contribution in [2.45, 2.75) is 44.9 Å². The highest BCUT2D eigenvalue weighted by Crippen LogP contribution is 2.23. The molecule has 0 unspecified atom stereocenters. The first-order chi connectivity index (χ1) is 9.99. The van der Waals surface area contributed by atoms with Crippen molar-refractivity contribution in [2.24, 2.45) is 5.14 Å². The molecule has 1 aromatic carbocycles. The number of halogens is 1. The molecule has 1 aromatic rings. The minimum Gasteiger partial charge on any atom is -0.492 e. The van der Waals surface area contributed by atoms with E-state index in [4.69, 9.17) is 9.88 Å². The van der Waals surface area contributed by atoms with Gasteiger partial charge in [-0.05, 0) is 40.9 Å². The van der Waals surface area contributed by atoms with Gasteiger partial charge in [0.1, 0.15) is 5.75 Å². The lowest BCUT2D eigenvalue weighted by atomic mass is 10.1. The maximum absolute atomic E-state index is 10.7. The zero-order valence-corrected chi connectivity index (χ0v) is 14.7. The molecule has 0 aliphatic rings. The van der Waals surface area contributed by atoms with Crippen molar-refractivity contribution < 1.29 is 13.2 Å². The number of hydrogen-bond donors (Lipinski definition) is 1. The number of unbranched alkanes of at least 4 members (excludes halogenated alkanes) is 6. The highest BCUT2D eigenvalue weighted by atomic mass is 79.9. The second kappa shape index (κ2) is 10.2. The van der Waals surface area contributed by atoms with Crippen LogP contribution in [-0.4, -0.2) is 20.8 Å². The summed E-state index contributed by atoms with van der Waals surface area (Å²) in [4.78, 5) is 0. The summed E-state index contributed by atoms with van der Waals surface area (Å²) < 4.78 is 28.2. The molecule has 1 rings (SSSR count). The van der Waals surface area contributed by atoms with Crippen LogP contribution in [0.25, 0.3) is 0 Å². The van der Waals surface area contributed by atoms with Gasteiger partial charge in [0.05, 0.1) is 16.8 Å². The molecule has 0 heterocycles. The molecule has 0 spiro atoms. The zero-order valence-electron chi connectivity index (χ0n) is 12.3. The number of rotatable bonds is 11. The lowest BCUT2D eigenvalue weighted by molar-refractivity contribution is 0.302. The van der Waals surface area contributed by atoms with Gasteiger partial charge < -0.3 is 4.74 Å². The van der Waals surface area contributed by atoms with Gasteiger partial charge in [-0.25, -0.2) is 13.6 Å². The summed E-state index contributed by atoms with van der Waals surface area (Å²) >= 11 is 3.45. The second-order valence-electron chi connectivity index (χ2n) is 5.12. The van der Waals surface area contributed by atoms with E-state index in [9.17, 15) is 8.42 Å². The molecule has 0 aromatic heterocycles. The van der Waals surface area contributed by atoms with Gasteiger partial charge in [-0.2, -0.15) is 0 Å². The van der Waals surface area contributed by atoms with Crippen LogP contribution in [0, 0.1) is 0 Å². The van der Waals surface area contributed by atoms with Gasteiger partial charge in [-0.1, -0.05) is 44.2 Å². The molecule has 21 heavy (non-hydrogen) atoms. The first-order valence-corrected chi connectivity index (χ1v) is 9.88. The third-order valence-corrected chi connectivity index (χ3v) is 4.68. The summed E-state index contributed by atoms with van der Waals surface area (Å²) in [6, 6.07) is 7.85. The average molecular weight is 378 g/mol. The Hall–Kier alpha value is -0.590. The molecular formula is C15H24BrNO3S. The fourth-order valence-electron chi connectivity index (χ4n) is 2.03. The quantitative estimate of drug-likeness (QED) is 0.595. The smallest absolute Gasteiger partial charge is 0.209 e. The lowest BCUT2D eigenvalue weighted by Gasteiger charge is -2.07. The van der Waals surface area contributed by atoms with Gasteiger partial charge in [0.25, 0.3) is 0 Å².